The van der Waals surface area contributed by atoms with Gasteiger partial charge in [-0.3, -0.25) is 0 Å². The van der Waals surface area contributed by atoms with Gasteiger partial charge in [-0.05, 0) is 34.9 Å². The Morgan fingerprint density at radius 3 is 2.37 bits per heavy atom. The quantitative estimate of drug-likeness (QED) is 0.889. The number of fused-ring (bicyclic) bond motifs is 1. The second-order valence-corrected chi connectivity index (χ2v) is 5.67. The topological polar surface area (TPSA) is 20.2 Å². The summed E-state index contributed by atoms with van der Waals surface area (Å²) in [5.74, 6) is -0.321. The SMILES string of the molecule is OC1(Cc2cc(F)ccc2Cl)Cc2ccccc2C1. The molecule has 0 saturated carbocycles. The fraction of sp³-hybridized carbons (Fsp3) is 0.250. The first kappa shape index (κ1) is 12.6. The van der Waals surface area contributed by atoms with Crippen LogP contribution in [-0.4, -0.2) is 10.7 Å². The van der Waals surface area contributed by atoms with Crippen molar-refractivity contribution < 1.29 is 9.50 Å². The number of halogens is 2. The van der Waals surface area contributed by atoms with Gasteiger partial charge in [0.1, 0.15) is 5.82 Å². The van der Waals surface area contributed by atoms with Crippen molar-refractivity contribution in [3.8, 4) is 0 Å². The predicted molar refractivity (Wildman–Crippen MR) is 73.9 cm³/mol. The summed E-state index contributed by atoms with van der Waals surface area (Å²) in [4.78, 5) is 0. The summed E-state index contributed by atoms with van der Waals surface area (Å²) < 4.78 is 13.3. The van der Waals surface area contributed by atoms with Crippen molar-refractivity contribution in [2.45, 2.75) is 24.9 Å². The maximum absolute atomic E-state index is 13.3. The van der Waals surface area contributed by atoms with Gasteiger partial charge in [-0.1, -0.05) is 35.9 Å². The summed E-state index contributed by atoms with van der Waals surface area (Å²) >= 11 is 6.07. The van der Waals surface area contributed by atoms with Crippen molar-refractivity contribution in [3.05, 3.63) is 70.0 Å². The molecule has 3 rings (SSSR count). The van der Waals surface area contributed by atoms with Crippen LogP contribution in [0.2, 0.25) is 5.02 Å². The molecule has 1 aliphatic carbocycles. The molecule has 0 spiro atoms. The Morgan fingerprint density at radius 1 is 1.11 bits per heavy atom. The molecule has 0 heterocycles. The number of aliphatic hydroxyl groups is 1. The lowest BCUT2D eigenvalue weighted by Gasteiger charge is -2.22. The van der Waals surface area contributed by atoms with Crippen LogP contribution in [0.1, 0.15) is 16.7 Å². The average molecular weight is 277 g/mol. The second kappa shape index (κ2) is 4.62. The number of hydrogen-bond acceptors (Lipinski definition) is 1. The summed E-state index contributed by atoms with van der Waals surface area (Å²) in [5.41, 5.74) is 2.13. The van der Waals surface area contributed by atoms with Crippen molar-refractivity contribution in [2.24, 2.45) is 0 Å². The number of benzene rings is 2. The lowest BCUT2D eigenvalue weighted by atomic mass is 9.91. The second-order valence-electron chi connectivity index (χ2n) is 5.26. The zero-order valence-electron chi connectivity index (χ0n) is 10.4. The Bertz CT molecular complexity index is 599. The highest BCUT2D eigenvalue weighted by Gasteiger charge is 2.35. The molecule has 1 aliphatic rings. The molecular weight excluding hydrogens is 263 g/mol. The third-order valence-corrected chi connectivity index (χ3v) is 4.05. The molecule has 0 radical (unpaired) electrons. The smallest absolute Gasteiger partial charge is 0.123 e. The zero-order chi connectivity index (χ0) is 13.5. The Balaban J connectivity index is 1.87. The van der Waals surface area contributed by atoms with Crippen LogP contribution in [0.25, 0.3) is 0 Å². The number of hydrogen-bond donors (Lipinski definition) is 1. The van der Waals surface area contributed by atoms with Gasteiger partial charge >= 0.3 is 0 Å². The fourth-order valence-corrected chi connectivity index (χ4v) is 3.02. The van der Waals surface area contributed by atoms with E-state index in [-0.39, 0.29) is 5.82 Å². The first-order valence-corrected chi connectivity index (χ1v) is 6.67. The van der Waals surface area contributed by atoms with E-state index < -0.39 is 5.60 Å². The van der Waals surface area contributed by atoms with Gasteiger partial charge in [-0.2, -0.15) is 0 Å². The molecule has 0 aliphatic heterocycles. The van der Waals surface area contributed by atoms with Crippen molar-refractivity contribution in [1.82, 2.24) is 0 Å². The predicted octanol–water partition coefficient (Wildman–Crippen LogP) is 3.55. The van der Waals surface area contributed by atoms with Crippen LogP contribution in [-0.2, 0) is 19.3 Å². The van der Waals surface area contributed by atoms with E-state index in [9.17, 15) is 9.50 Å². The highest BCUT2D eigenvalue weighted by molar-refractivity contribution is 6.31. The molecule has 98 valence electrons. The molecule has 19 heavy (non-hydrogen) atoms. The Morgan fingerprint density at radius 2 is 1.74 bits per heavy atom. The van der Waals surface area contributed by atoms with Crippen LogP contribution in [0, 0.1) is 5.82 Å². The van der Waals surface area contributed by atoms with E-state index in [1.807, 2.05) is 24.3 Å². The first-order valence-electron chi connectivity index (χ1n) is 6.29. The minimum atomic E-state index is -0.860. The monoisotopic (exact) mass is 276 g/mol. The average Bonchev–Trinajstić information content (AvgIpc) is 2.69. The van der Waals surface area contributed by atoms with Crippen LogP contribution < -0.4 is 0 Å². The van der Waals surface area contributed by atoms with Gasteiger partial charge < -0.3 is 5.11 Å². The normalized spacial score (nSPS) is 16.4. The minimum absolute atomic E-state index is 0.321. The molecule has 0 unspecified atom stereocenters. The van der Waals surface area contributed by atoms with Crippen LogP contribution in [0.5, 0.6) is 0 Å². The van der Waals surface area contributed by atoms with Crippen molar-refractivity contribution in [2.75, 3.05) is 0 Å². The molecule has 0 amide bonds. The van der Waals surface area contributed by atoms with Crippen LogP contribution in [0.3, 0.4) is 0 Å². The minimum Gasteiger partial charge on any atom is -0.389 e. The zero-order valence-corrected chi connectivity index (χ0v) is 11.1. The summed E-state index contributed by atoms with van der Waals surface area (Å²) in [6, 6.07) is 12.3. The molecule has 0 bridgehead atoms. The van der Waals surface area contributed by atoms with E-state index >= 15 is 0 Å². The molecule has 3 heteroatoms. The third-order valence-electron chi connectivity index (χ3n) is 3.68. The highest BCUT2D eigenvalue weighted by Crippen LogP contribution is 2.34. The molecule has 0 atom stereocenters. The molecule has 2 aromatic rings. The van der Waals surface area contributed by atoms with E-state index in [0.29, 0.717) is 29.8 Å². The lowest BCUT2D eigenvalue weighted by Crippen LogP contribution is -2.32. The van der Waals surface area contributed by atoms with E-state index in [4.69, 9.17) is 11.6 Å². The van der Waals surface area contributed by atoms with Gasteiger partial charge in [-0.15, -0.1) is 0 Å². The van der Waals surface area contributed by atoms with Gasteiger partial charge in [-0.25, -0.2) is 4.39 Å². The largest absolute Gasteiger partial charge is 0.389 e. The van der Waals surface area contributed by atoms with E-state index in [0.717, 1.165) is 11.1 Å². The maximum atomic E-state index is 13.3. The highest BCUT2D eigenvalue weighted by atomic mass is 35.5. The van der Waals surface area contributed by atoms with Crippen LogP contribution in [0.15, 0.2) is 42.5 Å². The van der Waals surface area contributed by atoms with Crippen molar-refractivity contribution in [1.29, 1.82) is 0 Å². The molecule has 1 nitrogen and oxygen atoms in total. The summed E-state index contributed by atoms with van der Waals surface area (Å²) in [6.07, 6.45) is 1.56. The summed E-state index contributed by atoms with van der Waals surface area (Å²) in [6.45, 7) is 0. The van der Waals surface area contributed by atoms with Gasteiger partial charge in [0, 0.05) is 24.3 Å². The summed E-state index contributed by atoms with van der Waals surface area (Å²) in [5, 5.41) is 11.2. The van der Waals surface area contributed by atoms with Crippen molar-refractivity contribution >= 4 is 11.6 Å². The summed E-state index contributed by atoms with van der Waals surface area (Å²) in [7, 11) is 0. The van der Waals surface area contributed by atoms with E-state index in [1.54, 1.807) is 0 Å². The number of rotatable bonds is 2. The van der Waals surface area contributed by atoms with Gasteiger partial charge in [0.05, 0.1) is 5.60 Å². The lowest BCUT2D eigenvalue weighted by molar-refractivity contribution is 0.0518. The maximum Gasteiger partial charge on any atom is 0.123 e. The fourth-order valence-electron chi connectivity index (χ4n) is 2.83. The standard InChI is InChI=1S/C16H14ClFO/c17-15-6-5-14(18)7-13(15)10-16(19)8-11-3-1-2-4-12(11)9-16/h1-7,19H,8-10H2. The Hall–Kier alpha value is -1.38. The van der Waals surface area contributed by atoms with E-state index in [2.05, 4.69) is 0 Å². The van der Waals surface area contributed by atoms with Gasteiger partial charge in [0.25, 0.3) is 0 Å². The molecule has 0 saturated heterocycles. The van der Waals surface area contributed by atoms with Gasteiger partial charge in [0.15, 0.2) is 0 Å². The molecule has 0 fully saturated rings. The first-order chi connectivity index (χ1) is 9.06. The van der Waals surface area contributed by atoms with E-state index in [1.165, 1.54) is 18.2 Å². The Labute approximate surface area is 116 Å². The molecular formula is C16H14ClFO. The molecule has 0 aromatic heterocycles. The van der Waals surface area contributed by atoms with Crippen LogP contribution in [0.4, 0.5) is 4.39 Å². The molecule has 1 N–H and O–H groups in total. The van der Waals surface area contributed by atoms with Crippen LogP contribution >= 0.6 is 11.6 Å². The van der Waals surface area contributed by atoms with Gasteiger partial charge in [0.2, 0.25) is 0 Å². The van der Waals surface area contributed by atoms with Crippen molar-refractivity contribution in [3.63, 3.8) is 0 Å². The molecule has 2 aromatic carbocycles. The third kappa shape index (κ3) is 2.51. The Kier molecular flexibility index (Phi) is 3.08.